The monoisotopic (exact) mass is 261 g/mol. The molecule has 0 aromatic heterocycles. The SMILES string of the molecule is Cc1cc(C(=O)ON2C(=O)CCC2=O)cc(C)c1C. The summed E-state index contributed by atoms with van der Waals surface area (Å²) in [6.07, 6.45) is 0.191. The molecule has 1 fully saturated rings. The van der Waals surface area contributed by atoms with Crippen molar-refractivity contribution in [1.29, 1.82) is 0 Å². The van der Waals surface area contributed by atoms with Gasteiger partial charge in [-0.05, 0) is 49.6 Å². The van der Waals surface area contributed by atoms with Crippen LogP contribution in [0.5, 0.6) is 0 Å². The summed E-state index contributed by atoms with van der Waals surface area (Å²) in [5, 5.41) is 0.562. The first kappa shape index (κ1) is 13.3. The van der Waals surface area contributed by atoms with Crippen molar-refractivity contribution in [2.75, 3.05) is 0 Å². The first-order valence-corrected chi connectivity index (χ1v) is 6.06. The maximum Gasteiger partial charge on any atom is 0.363 e. The lowest BCUT2D eigenvalue weighted by molar-refractivity contribution is -0.172. The third-order valence-corrected chi connectivity index (χ3v) is 3.34. The molecular formula is C14H15NO4. The van der Waals surface area contributed by atoms with Crippen LogP contribution in [0.2, 0.25) is 0 Å². The fourth-order valence-electron chi connectivity index (χ4n) is 1.95. The van der Waals surface area contributed by atoms with E-state index in [9.17, 15) is 14.4 Å². The molecule has 0 spiro atoms. The van der Waals surface area contributed by atoms with Crippen molar-refractivity contribution in [2.24, 2.45) is 0 Å². The van der Waals surface area contributed by atoms with Crippen LogP contribution in [0, 0.1) is 20.8 Å². The molecule has 0 radical (unpaired) electrons. The number of imide groups is 1. The van der Waals surface area contributed by atoms with Crippen molar-refractivity contribution in [3.8, 4) is 0 Å². The highest BCUT2D eigenvalue weighted by Gasteiger charge is 2.33. The van der Waals surface area contributed by atoms with Gasteiger partial charge in [0.2, 0.25) is 0 Å². The molecule has 0 saturated carbocycles. The third-order valence-electron chi connectivity index (χ3n) is 3.34. The Morgan fingerprint density at radius 1 is 1.05 bits per heavy atom. The molecule has 5 heteroatoms. The Hall–Kier alpha value is -2.17. The first-order chi connectivity index (χ1) is 8.90. The van der Waals surface area contributed by atoms with E-state index in [2.05, 4.69) is 0 Å². The summed E-state index contributed by atoms with van der Waals surface area (Å²) < 4.78 is 0. The average Bonchev–Trinajstić information content (AvgIpc) is 2.67. The van der Waals surface area contributed by atoms with Gasteiger partial charge in [0.1, 0.15) is 0 Å². The minimum absolute atomic E-state index is 0.0953. The van der Waals surface area contributed by atoms with Gasteiger partial charge in [0.15, 0.2) is 0 Å². The topological polar surface area (TPSA) is 63.7 Å². The first-order valence-electron chi connectivity index (χ1n) is 6.06. The van der Waals surface area contributed by atoms with Gasteiger partial charge in [-0.15, -0.1) is 5.06 Å². The lowest BCUT2D eigenvalue weighted by atomic mass is 10.0. The Morgan fingerprint density at radius 2 is 1.53 bits per heavy atom. The van der Waals surface area contributed by atoms with Gasteiger partial charge < -0.3 is 4.84 Å². The van der Waals surface area contributed by atoms with Gasteiger partial charge >= 0.3 is 5.97 Å². The summed E-state index contributed by atoms with van der Waals surface area (Å²) in [5.74, 6) is -1.63. The normalized spacial score (nSPS) is 15.0. The molecule has 1 aromatic rings. The Kier molecular flexibility index (Phi) is 3.38. The molecule has 19 heavy (non-hydrogen) atoms. The minimum Gasteiger partial charge on any atom is -0.325 e. The molecule has 0 atom stereocenters. The molecule has 0 aliphatic carbocycles. The van der Waals surface area contributed by atoms with Crippen molar-refractivity contribution < 1.29 is 19.2 Å². The fraction of sp³-hybridized carbons (Fsp3) is 0.357. The van der Waals surface area contributed by atoms with Crippen LogP contribution in [-0.2, 0) is 14.4 Å². The molecule has 0 bridgehead atoms. The second kappa shape index (κ2) is 4.84. The Balaban J connectivity index is 2.21. The van der Waals surface area contributed by atoms with Crippen molar-refractivity contribution >= 4 is 17.8 Å². The lowest BCUT2D eigenvalue weighted by Crippen LogP contribution is -2.32. The smallest absolute Gasteiger partial charge is 0.325 e. The largest absolute Gasteiger partial charge is 0.363 e. The summed E-state index contributed by atoms with van der Waals surface area (Å²) in [6, 6.07) is 3.38. The number of hydrogen-bond donors (Lipinski definition) is 0. The van der Waals surface area contributed by atoms with E-state index >= 15 is 0 Å². The van der Waals surface area contributed by atoms with E-state index in [-0.39, 0.29) is 12.8 Å². The second-order valence-electron chi connectivity index (χ2n) is 4.70. The molecule has 2 amide bonds. The van der Waals surface area contributed by atoms with Gasteiger partial charge in [0.05, 0.1) is 5.56 Å². The number of amides is 2. The lowest BCUT2D eigenvalue weighted by Gasteiger charge is -2.14. The van der Waals surface area contributed by atoms with E-state index in [1.54, 1.807) is 12.1 Å². The predicted octanol–water partition coefficient (Wildman–Crippen LogP) is 1.83. The van der Waals surface area contributed by atoms with Crippen LogP contribution in [0.1, 0.15) is 39.9 Å². The number of nitrogens with zero attached hydrogens (tertiary/aromatic N) is 1. The molecule has 5 nitrogen and oxygen atoms in total. The summed E-state index contributed by atoms with van der Waals surface area (Å²) in [6.45, 7) is 5.75. The standard InChI is InChI=1S/C14H15NO4/c1-8-6-11(7-9(2)10(8)3)14(18)19-15-12(16)4-5-13(15)17/h6-7H,4-5H2,1-3H3. The van der Waals surface area contributed by atoms with Gasteiger partial charge in [-0.1, -0.05) is 0 Å². The summed E-state index contributed by atoms with van der Waals surface area (Å²) in [5.41, 5.74) is 3.37. The third kappa shape index (κ3) is 2.50. The zero-order chi connectivity index (χ0) is 14.2. The molecule has 1 aliphatic heterocycles. The highest BCUT2D eigenvalue weighted by Crippen LogP contribution is 2.18. The van der Waals surface area contributed by atoms with Gasteiger partial charge in [-0.3, -0.25) is 9.59 Å². The minimum atomic E-state index is -0.685. The Bertz CT molecular complexity index is 538. The molecule has 0 N–H and O–H groups in total. The van der Waals surface area contributed by atoms with Crippen LogP contribution in [0.4, 0.5) is 0 Å². The molecule has 100 valence electrons. The molecular weight excluding hydrogens is 246 g/mol. The fourth-order valence-corrected chi connectivity index (χ4v) is 1.95. The number of carbonyl (C=O) groups is 3. The number of aryl methyl sites for hydroxylation is 2. The summed E-state index contributed by atoms with van der Waals surface area (Å²) in [7, 11) is 0. The molecule has 2 rings (SSSR count). The number of hydrogen-bond acceptors (Lipinski definition) is 4. The molecule has 1 aliphatic rings. The molecule has 1 heterocycles. The number of hydroxylamine groups is 2. The van der Waals surface area contributed by atoms with Crippen LogP contribution in [0.25, 0.3) is 0 Å². The zero-order valence-corrected chi connectivity index (χ0v) is 11.1. The number of rotatable bonds is 2. The molecule has 1 saturated heterocycles. The average molecular weight is 261 g/mol. The van der Waals surface area contributed by atoms with E-state index in [0.29, 0.717) is 10.6 Å². The van der Waals surface area contributed by atoms with Crippen molar-refractivity contribution in [1.82, 2.24) is 5.06 Å². The maximum atomic E-state index is 11.9. The molecule has 1 aromatic carbocycles. The quantitative estimate of drug-likeness (QED) is 0.762. The van der Waals surface area contributed by atoms with Crippen molar-refractivity contribution in [2.45, 2.75) is 33.6 Å². The highest BCUT2D eigenvalue weighted by atomic mass is 16.7. The van der Waals surface area contributed by atoms with Gasteiger partial charge in [0.25, 0.3) is 11.8 Å². The van der Waals surface area contributed by atoms with Crippen molar-refractivity contribution in [3.63, 3.8) is 0 Å². The van der Waals surface area contributed by atoms with Gasteiger partial charge in [0, 0.05) is 12.8 Å². The highest BCUT2D eigenvalue weighted by molar-refractivity contribution is 6.02. The van der Waals surface area contributed by atoms with Crippen LogP contribution in [0.3, 0.4) is 0 Å². The number of carbonyl (C=O) groups excluding carboxylic acids is 3. The van der Waals surface area contributed by atoms with E-state index in [4.69, 9.17) is 4.84 Å². The Morgan fingerprint density at radius 3 is 2.00 bits per heavy atom. The number of benzene rings is 1. The summed E-state index contributed by atoms with van der Waals surface area (Å²) in [4.78, 5) is 39.5. The van der Waals surface area contributed by atoms with E-state index < -0.39 is 17.8 Å². The van der Waals surface area contributed by atoms with E-state index in [0.717, 1.165) is 16.7 Å². The predicted molar refractivity (Wildman–Crippen MR) is 67.2 cm³/mol. The van der Waals surface area contributed by atoms with Crippen LogP contribution < -0.4 is 0 Å². The maximum absolute atomic E-state index is 11.9. The van der Waals surface area contributed by atoms with E-state index in [1.165, 1.54) is 0 Å². The Labute approximate surface area is 111 Å². The zero-order valence-electron chi connectivity index (χ0n) is 11.1. The second-order valence-corrected chi connectivity index (χ2v) is 4.70. The summed E-state index contributed by atoms with van der Waals surface area (Å²) >= 11 is 0. The van der Waals surface area contributed by atoms with Gasteiger partial charge in [-0.25, -0.2) is 4.79 Å². The molecule has 0 unspecified atom stereocenters. The van der Waals surface area contributed by atoms with Crippen LogP contribution in [0.15, 0.2) is 12.1 Å². The van der Waals surface area contributed by atoms with Gasteiger partial charge in [-0.2, -0.15) is 0 Å². The van der Waals surface area contributed by atoms with Crippen LogP contribution in [-0.4, -0.2) is 22.8 Å². The van der Waals surface area contributed by atoms with Crippen molar-refractivity contribution in [3.05, 3.63) is 34.4 Å². The van der Waals surface area contributed by atoms with Crippen LogP contribution >= 0.6 is 0 Å². The van der Waals surface area contributed by atoms with E-state index in [1.807, 2.05) is 20.8 Å².